The Bertz CT molecular complexity index is 1300. The van der Waals surface area contributed by atoms with Gasteiger partial charge in [0.15, 0.2) is 0 Å². The number of carboxylic acid groups (broad SMARTS) is 2. The highest BCUT2D eigenvalue weighted by atomic mass is 35.5. The Hall–Kier alpha value is -4.14. The Kier molecular flexibility index (Phi) is 8.83. The molecule has 0 aliphatic heterocycles. The van der Waals surface area contributed by atoms with Crippen LogP contribution in [0.5, 0.6) is 0 Å². The van der Waals surface area contributed by atoms with E-state index in [9.17, 15) is 24.3 Å². The zero-order valence-corrected chi connectivity index (χ0v) is 20.1. The van der Waals surface area contributed by atoms with Crippen molar-refractivity contribution in [2.75, 3.05) is 5.32 Å². The van der Waals surface area contributed by atoms with Crippen molar-refractivity contribution in [3.05, 3.63) is 105 Å². The van der Waals surface area contributed by atoms with Crippen LogP contribution in [0.1, 0.15) is 31.8 Å². The molecule has 4 N–H and O–H groups in total. The Balaban J connectivity index is 1.64. The van der Waals surface area contributed by atoms with E-state index in [2.05, 4.69) is 10.6 Å². The number of carbonyl (C=O) groups excluding carboxylic acids is 2. The minimum Gasteiger partial charge on any atom is -0.480 e. The van der Waals surface area contributed by atoms with E-state index < -0.39 is 29.8 Å². The fourth-order valence-corrected chi connectivity index (χ4v) is 3.79. The van der Waals surface area contributed by atoms with E-state index in [1.807, 2.05) is 0 Å². The van der Waals surface area contributed by atoms with Crippen LogP contribution in [0.15, 0.2) is 72.8 Å². The molecule has 0 aromatic heterocycles. The molecule has 0 aliphatic rings. The zero-order valence-electron chi connectivity index (χ0n) is 18.6. The van der Waals surface area contributed by atoms with E-state index in [4.69, 9.17) is 28.3 Å². The highest BCUT2D eigenvalue weighted by molar-refractivity contribution is 6.40. The Morgan fingerprint density at radius 2 is 1.44 bits per heavy atom. The fraction of sp³-hybridized carbons (Fsp3) is 0.0769. The van der Waals surface area contributed by atoms with Crippen molar-refractivity contribution in [2.24, 2.45) is 0 Å². The molecule has 3 aromatic rings. The highest BCUT2D eigenvalue weighted by Crippen LogP contribution is 2.25. The van der Waals surface area contributed by atoms with Crippen LogP contribution >= 0.6 is 23.2 Å². The maximum absolute atomic E-state index is 12.5. The van der Waals surface area contributed by atoms with E-state index in [-0.39, 0.29) is 27.6 Å². The molecule has 0 bridgehead atoms. The van der Waals surface area contributed by atoms with E-state index in [0.717, 1.165) is 6.08 Å². The van der Waals surface area contributed by atoms with Crippen molar-refractivity contribution in [1.82, 2.24) is 5.32 Å². The lowest BCUT2D eigenvalue weighted by atomic mass is 10.0. The summed E-state index contributed by atoms with van der Waals surface area (Å²) < 4.78 is 0. The molecule has 0 unspecified atom stereocenters. The van der Waals surface area contributed by atoms with E-state index in [1.165, 1.54) is 18.2 Å². The topological polar surface area (TPSA) is 133 Å². The molecule has 0 spiro atoms. The number of benzene rings is 3. The molecule has 3 aromatic carbocycles. The van der Waals surface area contributed by atoms with Crippen molar-refractivity contribution in [1.29, 1.82) is 0 Å². The third kappa shape index (κ3) is 7.18. The number of nitrogens with one attached hydrogen (secondary N) is 2. The maximum Gasteiger partial charge on any atom is 0.328 e. The van der Waals surface area contributed by atoms with Crippen LogP contribution in [0.2, 0.25) is 10.0 Å². The van der Waals surface area contributed by atoms with Crippen LogP contribution in [0.3, 0.4) is 0 Å². The predicted molar refractivity (Wildman–Crippen MR) is 137 cm³/mol. The van der Waals surface area contributed by atoms with Gasteiger partial charge in [-0.15, -0.1) is 0 Å². The normalized spacial score (nSPS) is 11.6. The average Bonchev–Trinajstić information content (AvgIpc) is 2.83. The van der Waals surface area contributed by atoms with Gasteiger partial charge in [-0.1, -0.05) is 53.5 Å². The number of carboxylic acids is 2. The first-order valence-corrected chi connectivity index (χ1v) is 11.3. The molecule has 0 heterocycles. The molecular weight excluding hydrogens is 507 g/mol. The zero-order chi connectivity index (χ0) is 26.2. The molecule has 0 saturated heterocycles. The van der Waals surface area contributed by atoms with E-state index in [0.29, 0.717) is 16.8 Å². The summed E-state index contributed by atoms with van der Waals surface area (Å²) in [5.41, 5.74) is 2.01. The summed E-state index contributed by atoms with van der Waals surface area (Å²) in [4.78, 5) is 47.4. The summed E-state index contributed by atoms with van der Waals surface area (Å²) in [7, 11) is 0. The molecule has 0 radical (unpaired) electrons. The molecule has 36 heavy (non-hydrogen) atoms. The summed E-state index contributed by atoms with van der Waals surface area (Å²) in [6.07, 6.45) is 2.35. The third-order valence-corrected chi connectivity index (χ3v) is 5.67. The standard InChI is InChI=1S/C26H20Cl2N2O6/c27-19-2-1-3-20(28)23(19)25(34)29-18-11-6-16(7-12-18)14-21(26(35)36)30-24(33)17-9-4-15(5-10-17)8-13-22(31)32/h1-13,21H,14H2,(H,29,34)(H,30,33)(H,31,32)(H,35,36)/b13-8+/t21-/m0/s1. The number of aliphatic carboxylic acids is 2. The predicted octanol–water partition coefficient (Wildman–Crippen LogP) is 4.77. The molecule has 10 heteroatoms. The number of hydrogen-bond acceptors (Lipinski definition) is 4. The van der Waals surface area contributed by atoms with Gasteiger partial charge in [0.25, 0.3) is 11.8 Å². The lowest BCUT2D eigenvalue weighted by Crippen LogP contribution is -2.42. The molecule has 1 atom stereocenters. The molecule has 0 fully saturated rings. The molecule has 2 amide bonds. The van der Waals surface area contributed by atoms with Gasteiger partial charge in [-0.25, -0.2) is 9.59 Å². The van der Waals surface area contributed by atoms with Gasteiger partial charge in [-0.2, -0.15) is 0 Å². The molecule has 3 rings (SSSR count). The van der Waals surface area contributed by atoms with Crippen LogP contribution in [0.4, 0.5) is 5.69 Å². The minimum absolute atomic E-state index is 0.00503. The van der Waals surface area contributed by atoms with Crippen molar-refractivity contribution in [3.8, 4) is 0 Å². The van der Waals surface area contributed by atoms with Crippen LogP contribution in [0, 0.1) is 0 Å². The number of amides is 2. The first-order valence-electron chi connectivity index (χ1n) is 10.5. The van der Waals surface area contributed by atoms with Crippen molar-refractivity contribution < 1.29 is 29.4 Å². The van der Waals surface area contributed by atoms with Gasteiger partial charge in [-0.3, -0.25) is 9.59 Å². The molecule has 184 valence electrons. The second kappa shape index (κ2) is 12.0. The quantitative estimate of drug-likeness (QED) is 0.297. The lowest BCUT2D eigenvalue weighted by Gasteiger charge is -2.15. The number of rotatable bonds is 9. The van der Waals surface area contributed by atoms with Crippen molar-refractivity contribution >= 4 is 58.7 Å². The first kappa shape index (κ1) is 26.5. The van der Waals surface area contributed by atoms with Gasteiger partial charge < -0.3 is 20.8 Å². The summed E-state index contributed by atoms with van der Waals surface area (Å²) >= 11 is 12.1. The smallest absolute Gasteiger partial charge is 0.328 e. The van der Waals surface area contributed by atoms with Crippen LogP contribution in [-0.2, 0) is 16.0 Å². The number of halogens is 2. The van der Waals surface area contributed by atoms with Gasteiger partial charge in [0.05, 0.1) is 15.6 Å². The fourth-order valence-electron chi connectivity index (χ4n) is 3.22. The molecular formula is C26H20Cl2N2O6. The summed E-state index contributed by atoms with van der Waals surface area (Å²) in [6.45, 7) is 0. The Morgan fingerprint density at radius 1 is 0.833 bits per heavy atom. The van der Waals surface area contributed by atoms with Crippen LogP contribution in [0.25, 0.3) is 6.08 Å². The van der Waals surface area contributed by atoms with E-state index >= 15 is 0 Å². The largest absolute Gasteiger partial charge is 0.480 e. The van der Waals surface area contributed by atoms with Gasteiger partial charge in [0, 0.05) is 23.7 Å². The molecule has 0 aliphatic carbocycles. The summed E-state index contributed by atoms with van der Waals surface area (Å²) in [5.74, 6) is -3.38. The third-order valence-electron chi connectivity index (χ3n) is 5.04. The Morgan fingerprint density at radius 3 is 2.00 bits per heavy atom. The summed E-state index contributed by atoms with van der Waals surface area (Å²) in [5, 5.41) is 23.9. The summed E-state index contributed by atoms with van der Waals surface area (Å²) in [6, 6.07) is 16.0. The number of anilines is 1. The maximum atomic E-state index is 12.5. The number of hydrogen-bond donors (Lipinski definition) is 4. The second-order valence-electron chi connectivity index (χ2n) is 7.61. The minimum atomic E-state index is -1.21. The van der Waals surface area contributed by atoms with Crippen molar-refractivity contribution in [2.45, 2.75) is 12.5 Å². The van der Waals surface area contributed by atoms with Gasteiger partial charge >= 0.3 is 11.9 Å². The Labute approximate surface area is 216 Å². The van der Waals surface area contributed by atoms with Crippen LogP contribution < -0.4 is 10.6 Å². The average molecular weight is 527 g/mol. The van der Waals surface area contributed by atoms with Gasteiger partial charge in [-0.05, 0) is 53.6 Å². The molecule has 8 nitrogen and oxygen atoms in total. The van der Waals surface area contributed by atoms with Crippen LogP contribution in [-0.4, -0.2) is 40.0 Å². The van der Waals surface area contributed by atoms with Gasteiger partial charge in [0.2, 0.25) is 0 Å². The first-order chi connectivity index (χ1) is 17.1. The lowest BCUT2D eigenvalue weighted by molar-refractivity contribution is -0.139. The number of carbonyl (C=O) groups is 4. The van der Waals surface area contributed by atoms with Crippen molar-refractivity contribution in [3.63, 3.8) is 0 Å². The van der Waals surface area contributed by atoms with Gasteiger partial charge in [0.1, 0.15) is 6.04 Å². The van der Waals surface area contributed by atoms with E-state index in [1.54, 1.807) is 54.6 Å². The second-order valence-corrected chi connectivity index (χ2v) is 8.42. The highest BCUT2D eigenvalue weighted by Gasteiger charge is 2.21. The monoisotopic (exact) mass is 526 g/mol. The molecule has 0 saturated carbocycles. The SMILES string of the molecule is O=C(O)/C=C/c1ccc(C(=O)N[C@@H](Cc2ccc(NC(=O)c3c(Cl)cccc3Cl)cc2)C(=O)O)cc1.